The van der Waals surface area contributed by atoms with Crippen molar-refractivity contribution in [1.82, 2.24) is 0 Å². The number of hydrogen-bond donors (Lipinski definition) is 1. The second-order valence-corrected chi connectivity index (χ2v) is 3.79. The van der Waals surface area contributed by atoms with Gasteiger partial charge >= 0.3 is 0 Å². The van der Waals surface area contributed by atoms with Crippen LogP contribution in [0.25, 0.3) is 0 Å². The maximum Gasteiger partial charge on any atom is 0.0927 e. The molecular weight excluding hydrogens is 134 g/mol. The molecule has 2 nitrogen and oxygen atoms in total. The van der Waals surface area contributed by atoms with Crippen molar-refractivity contribution in [1.29, 1.82) is 0 Å². The lowest BCUT2D eigenvalue weighted by atomic mass is 10.2. The average Bonchev–Trinajstić information content (AvgIpc) is 1.84. The molecule has 0 heterocycles. The first kappa shape index (κ1) is 9.27. The fraction of sp³-hybridized carbons (Fsp3) is 1.00. The minimum Gasteiger partial charge on any atom is -0.298 e. The van der Waals surface area contributed by atoms with Crippen LogP contribution in [-0.4, -0.2) is 17.1 Å². The molecule has 0 atom stereocenters. The zero-order chi connectivity index (χ0) is 7.33. The molecule has 0 bridgehead atoms. The van der Waals surface area contributed by atoms with Crippen LogP contribution >= 0.6 is 11.8 Å². The van der Waals surface area contributed by atoms with Crippen LogP contribution in [0.4, 0.5) is 0 Å². The van der Waals surface area contributed by atoms with Gasteiger partial charge < -0.3 is 0 Å². The van der Waals surface area contributed by atoms with Crippen LogP contribution in [0.15, 0.2) is 0 Å². The van der Waals surface area contributed by atoms with Crippen molar-refractivity contribution in [2.45, 2.75) is 26.4 Å². The van der Waals surface area contributed by atoms with E-state index in [0.717, 1.165) is 11.5 Å². The summed E-state index contributed by atoms with van der Waals surface area (Å²) in [5.41, 5.74) is -0.166. The van der Waals surface area contributed by atoms with Crippen molar-refractivity contribution in [2.24, 2.45) is 5.90 Å². The second-order valence-electron chi connectivity index (χ2n) is 2.51. The van der Waals surface area contributed by atoms with E-state index >= 15 is 0 Å². The van der Waals surface area contributed by atoms with Gasteiger partial charge in [-0.1, -0.05) is 6.92 Å². The Morgan fingerprint density at radius 1 is 1.56 bits per heavy atom. The van der Waals surface area contributed by atoms with Gasteiger partial charge in [-0.25, -0.2) is 5.90 Å². The van der Waals surface area contributed by atoms with E-state index in [1.165, 1.54) is 0 Å². The molecule has 0 unspecified atom stereocenters. The third kappa shape index (κ3) is 4.75. The van der Waals surface area contributed by atoms with E-state index in [-0.39, 0.29) is 5.60 Å². The normalized spacial score (nSPS) is 12.0. The van der Waals surface area contributed by atoms with Crippen LogP contribution in [0.5, 0.6) is 0 Å². The quantitative estimate of drug-likeness (QED) is 0.614. The lowest BCUT2D eigenvalue weighted by Gasteiger charge is -2.20. The van der Waals surface area contributed by atoms with Crippen molar-refractivity contribution in [3.63, 3.8) is 0 Å². The summed E-state index contributed by atoms with van der Waals surface area (Å²) in [4.78, 5) is 4.72. The van der Waals surface area contributed by atoms with E-state index in [1.807, 2.05) is 25.6 Å². The van der Waals surface area contributed by atoms with Crippen LogP contribution in [0, 0.1) is 0 Å². The molecule has 2 N–H and O–H groups in total. The van der Waals surface area contributed by atoms with E-state index in [2.05, 4.69) is 6.92 Å². The van der Waals surface area contributed by atoms with E-state index in [0.29, 0.717) is 0 Å². The van der Waals surface area contributed by atoms with Crippen LogP contribution in [0.1, 0.15) is 20.8 Å². The summed E-state index contributed by atoms with van der Waals surface area (Å²) in [5, 5.41) is 0. The van der Waals surface area contributed by atoms with Crippen molar-refractivity contribution in [3.8, 4) is 0 Å². The SMILES string of the molecule is CCSCC(C)(C)ON. The number of hydrogen-bond acceptors (Lipinski definition) is 3. The highest BCUT2D eigenvalue weighted by atomic mass is 32.2. The minimum atomic E-state index is -0.166. The van der Waals surface area contributed by atoms with Crippen molar-refractivity contribution < 1.29 is 4.84 Å². The molecule has 0 aliphatic rings. The number of rotatable bonds is 4. The molecule has 0 saturated heterocycles. The predicted molar refractivity (Wildman–Crippen MR) is 42.4 cm³/mol. The molecule has 0 aliphatic carbocycles. The molecule has 56 valence electrons. The van der Waals surface area contributed by atoms with Crippen molar-refractivity contribution in [3.05, 3.63) is 0 Å². The lowest BCUT2D eigenvalue weighted by molar-refractivity contribution is -0.000411. The maximum atomic E-state index is 5.03. The molecule has 0 aromatic rings. The Balaban J connectivity index is 3.33. The largest absolute Gasteiger partial charge is 0.298 e. The molecule has 0 aromatic carbocycles. The first-order chi connectivity index (χ1) is 4.12. The minimum absolute atomic E-state index is 0.166. The molecule has 0 aromatic heterocycles. The maximum absolute atomic E-state index is 5.03. The zero-order valence-corrected chi connectivity index (χ0v) is 7.12. The van der Waals surface area contributed by atoms with Gasteiger partial charge in [-0.05, 0) is 19.6 Å². The highest BCUT2D eigenvalue weighted by Gasteiger charge is 2.15. The summed E-state index contributed by atoms with van der Waals surface area (Å²) < 4.78 is 0. The van der Waals surface area contributed by atoms with Gasteiger partial charge in [0.2, 0.25) is 0 Å². The van der Waals surface area contributed by atoms with Gasteiger partial charge in [0.1, 0.15) is 0 Å². The molecule has 0 radical (unpaired) electrons. The highest BCUT2D eigenvalue weighted by Crippen LogP contribution is 2.13. The molecule has 9 heavy (non-hydrogen) atoms. The highest BCUT2D eigenvalue weighted by molar-refractivity contribution is 7.99. The molecule has 0 saturated carbocycles. The van der Waals surface area contributed by atoms with Crippen LogP contribution in [-0.2, 0) is 4.84 Å². The smallest absolute Gasteiger partial charge is 0.0927 e. The molecule has 3 heteroatoms. The van der Waals surface area contributed by atoms with E-state index < -0.39 is 0 Å². The average molecular weight is 149 g/mol. The standard InChI is InChI=1S/C6H15NOS/c1-4-9-5-6(2,3)8-7/h4-5,7H2,1-3H3. The van der Waals surface area contributed by atoms with Gasteiger partial charge in [0.15, 0.2) is 0 Å². The first-order valence-electron chi connectivity index (χ1n) is 3.08. The molecule has 0 fully saturated rings. The predicted octanol–water partition coefficient (Wildman–Crippen LogP) is 1.41. The summed E-state index contributed by atoms with van der Waals surface area (Å²) in [6.07, 6.45) is 0. The Hall–Kier alpha value is 0.270. The third-order valence-corrected chi connectivity index (χ3v) is 2.28. The zero-order valence-electron chi connectivity index (χ0n) is 6.31. The monoisotopic (exact) mass is 149 g/mol. The molecule has 0 spiro atoms. The van der Waals surface area contributed by atoms with Gasteiger partial charge in [0.05, 0.1) is 5.60 Å². The number of nitrogens with two attached hydrogens (primary N) is 1. The molecule has 0 amide bonds. The summed E-state index contributed by atoms with van der Waals surface area (Å²) in [7, 11) is 0. The lowest BCUT2D eigenvalue weighted by Crippen LogP contribution is -2.30. The van der Waals surface area contributed by atoms with Crippen LogP contribution in [0.2, 0.25) is 0 Å². The number of thioether (sulfide) groups is 1. The van der Waals surface area contributed by atoms with Crippen LogP contribution in [0.3, 0.4) is 0 Å². The Labute approximate surface area is 61.1 Å². The molecule has 0 rings (SSSR count). The topological polar surface area (TPSA) is 35.2 Å². The van der Waals surface area contributed by atoms with Gasteiger partial charge in [-0.2, -0.15) is 11.8 Å². The van der Waals surface area contributed by atoms with E-state index in [9.17, 15) is 0 Å². The van der Waals surface area contributed by atoms with Gasteiger partial charge in [0, 0.05) is 5.75 Å². The van der Waals surface area contributed by atoms with E-state index in [4.69, 9.17) is 10.7 Å². The third-order valence-electron chi connectivity index (χ3n) is 0.973. The molecule has 0 aliphatic heterocycles. The first-order valence-corrected chi connectivity index (χ1v) is 4.23. The van der Waals surface area contributed by atoms with Gasteiger partial charge in [-0.15, -0.1) is 0 Å². The Kier molecular flexibility index (Phi) is 4.27. The summed E-state index contributed by atoms with van der Waals surface area (Å²) in [6, 6.07) is 0. The Bertz CT molecular complexity index is 75.5. The summed E-state index contributed by atoms with van der Waals surface area (Å²) in [5.74, 6) is 7.11. The van der Waals surface area contributed by atoms with Crippen molar-refractivity contribution in [2.75, 3.05) is 11.5 Å². The van der Waals surface area contributed by atoms with E-state index in [1.54, 1.807) is 0 Å². The van der Waals surface area contributed by atoms with Gasteiger partial charge in [-0.3, -0.25) is 4.84 Å². The van der Waals surface area contributed by atoms with Gasteiger partial charge in [0.25, 0.3) is 0 Å². The van der Waals surface area contributed by atoms with Crippen molar-refractivity contribution >= 4 is 11.8 Å². The summed E-state index contributed by atoms with van der Waals surface area (Å²) in [6.45, 7) is 6.09. The fourth-order valence-corrected chi connectivity index (χ4v) is 1.15. The second kappa shape index (κ2) is 4.14. The van der Waals surface area contributed by atoms with Crippen LogP contribution < -0.4 is 5.90 Å². The fourth-order valence-electron chi connectivity index (χ4n) is 0.382. The Morgan fingerprint density at radius 3 is 2.44 bits per heavy atom. The summed E-state index contributed by atoms with van der Waals surface area (Å²) >= 11 is 1.83. The Morgan fingerprint density at radius 2 is 2.11 bits per heavy atom. The molecular formula is C6H15NOS.